The van der Waals surface area contributed by atoms with E-state index in [1.807, 2.05) is 64.8 Å². The van der Waals surface area contributed by atoms with Gasteiger partial charge < -0.3 is 5.32 Å². The number of rotatable bonds is 7. The van der Waals surface area contributed by atoms with E-state index in [9.17, 15) is 4.79 Å². The van der Waals surface area contributed by atoms with Crippen LogP contribution in [0, 0.1) is 0 Å². The maximum absolute atomic E-state index is 12.2. The van der Waals surface area contributed by atoms with Gasteiger partial charge in [-0.25, -0.2) is 9.67 Å². The Labute approximate surface area is 175 Å². The zero-order valence-electron chi connectivity index (χ0n) is 14.8. The first-order valence-corrected chi connectivity index (χ1v) is 10.8. The summed E-state index contributed by atoms with van der Waals surface area (Å²) in [7, 11) is 0. The monoisotopic (exact) mass is 428 g/mol. The second kappa shape index (κ2) is 8.68. The Morgan fingerprint density at radius 2 is 1.96 bits per heavy atom. The third-order valence-electron chi connectivity index (χ3n) is 4.05. The number of aromatic nitrogens is 3. The van der Waals surface area contributed by atoms with Gasteiger partial charge in [0.15, 0.2) is 0 Å². The molecule has 28 heavy (non-hydrogen) atoms. The van der Waals surface area contributed by atoms with Gasteiger partial charge in [0.25, 0.3) is 0 Å². The lowest BCUT2D eigenvalue weighted by Gasteiger charge is -2.03. The van der Waals surface area contributed by atoms with Gasteiger partial charge in [0.1, 0.15) is 5.01 Å². The van der Waals surface area contributed by atoms with Gasteiger partial charge in [-0.2, -0.15) is 5.10 Å². The van der Waals surface area contributed by atoms with E-state index in [2.05, 4.69) is 15.4 Å². The molecular weight excluding hydrogens is 412 g/mol. The van der Waals surface area contributed by atoms with E-state index in [0.29, 0.717) is 13.0 Å². The van der Waals surface area contributed by atoms with Crippen molar-refractivity contribution in [3.8, 4) is 15.6 Å². The molecule has 142 valence electrons. The van der Waals surface area contributed by atoms with Crippen LogP contribution >= 0.6 is 34.3 Å². The Morgan fingerprint density at radius 3 is 2.75 bits per heavy atom. The Kier molecular flexibility index (Phi) is 5.85. The van der Waals surface area contributed by atoms with Gasteiger partial charge in [-0.15, -0.1) is 22.7 Å². The van der Waals surface area contributed by atoms with Gasteiger partial charge >= 0.3 is 0 Å². The summed E-state index contributed by atoms with van der Waals surface area (Å²) in [4.78, 5) is 17.7. The number of carbonyl (C=O) groups excluding carboxylic acids is 1. The molecule has 1 aromatic carbocycles. The minimum atomic E-state index is -0.0384. The van der Waals surface area contributed by atoms with E-state index in [0.717, 1.165) is 31.3 Å². The largest absolute Gasteiger partial charge is 0.355 e. The van der Waals surface area contributed by atoms with Crippen molar-refractivity contribution in [2.45, 2.75) is 12.8 Å². The molecule has 0 fully saturated rings. The fourth-order valence-corrected chi connectivity index (χ4v) is 4.64. The number of amides is 1. The van der Waals surface area contributed by atoms with Crippen LogP contribution in [0.25, 0.3) is 15.6 Å². The van der Waals surface area contributed by atoms with E-state index in [1.165, 1.54) is 22.7 Å². The normalized spacial score (nSPS) is 10.9. The highest BCUT2D eigenvalue weighted by Gasteiger charge is 2.11. The van der Waals surface area contributed by atoms with Crippen molar-refractivity contribution in [2.75, 3.05) is 6.54 Å². The number of carbonyl (C=O) groups is 1. The average molecular weight is 429 g/mol. The van der Waals surface area contributed by atoms with Crippen molar-refractivity contribution in [3.63, 3.8) is 0 Å². The van der Waals surface area contributed by atoms with Gasteiger partial charge in [-0.3, -0.25) is 4.79 Å². The van der Waals surface area contributed by atoms with Crippen LogP contribution in [0.1, 0.15) is 11.4 Å². The summed E-state index contributed by atoms with van der Waals surface area (Å²) < 4.78 is 2.57. The Balaban J connectivity index is 1.26. The number of thiophene rings is 1. The average Bonchev–Trinajstić information content (AvgIpc) is 3.44. The molecule has 4 aromatic rings. The molecule has 3 heterocycles. The smallest absolute Gasteiger partial charge is 0.226 e. The minimum absolute atomic E-state index is 0.0384. The highest BCUT2D eigenvalue weighted by Crippen LogP contribution is 2.32. The second-order valence-electron chi connectivity index (χ2n) is 6.11. The molecule has 8 heteroatoms. The van der Waals surface area contributed by atoms with Crippen molar-refractivity contribution in [1.29, 1.82) is 0 Å². The first-order chi connectivity index (χ1) is 13.7. The van der Waals surface area contributed by atoms with Gasteiger partial charge in [0.2, 0.25) is 5.91 Å². The third-order valence-corrected chi connectivity index (χ3v) is 6.34. The standard InChI is InChI=1S/C20H17ClN4OS2/c21-18-7-6-17(28-18)20-23-15(13-27-20)12-19(26)22-10-8-14-9-11-25(24-14)16-4-2-1-3-5-16/h1-7,9,11,13H,8,10,12H2,(H,22,26). The van der Waals surface area contributed by atoms with Crippen molar-refractivity contribution < 1.29 is 4.79 Å². The Bertz CT molecular complexity index is 1070. The molecule has 5 nitrogen and oxygen atoms in total. The fraction of sp³-hybridized carbons (Fsp3) is 0.150. The highest BCUT2D eigenvalue weighted by atomic mass is 35.5. The Morgan fingerprint density at radius 1 is 1.11 bits per heavy atom. The lowest BCUT2D eigenvalue weighted by molar-refractivity contribution is -0.120. The first-order valence-electron chi connectivity index (χ1n) is 8.74. The SMILES string of the molecule is O=C(Cc1csc(-c2ccc(Cl)s2)n1)NCCc1ccn(-c2ccccc2)n1. The molecule has 0 radical (unpaired) electrons. The lowest BCUT2D eigenvalue weighted by atomic mass is 10.3. The summed E-state index contributed by atoms with van der Waals surface area (Å²) in [5.41, 5.74) is 2.73. The number of para-hydroxylation sites is 1. The Hall–Kier alpha value is -2.48. The summed E-state index contributed by atoms with van der Waals surface area (Å²) in [6.45, 7) is 0.544. The summed E-state index contributed by atoms with van der Waals surface area (Å²) in [6.07, 6.45) is 2.88. The van der Waals surface area contributed by atoms with Crippen molar-refractivity contribution in [2.24, 2.45) is 0 Å². The van der Waals surface area contributed by atoms with Gasteiger partial charge in [0.05, 0.1) is 32.7 Å². The maximum Gasteiger partial charge on any atom is 0.226 e. The van der Waals surface area contributed by atoms with Gasteiger partial charge in [0, 0.05) is 24.5 Å². The van der Waals surface area contributed by atoms with Crippen LogP contribution in [0.5, 0.6) is 0 Å². The molecular formula is C20H17ClN4OS2. The second-order valence-corrected chi connectivity index (χ2v) is 8.68. The molecule has 0 unspecified atom stereocenters. The van der Waals surface area contributed by atoms with Gasteiger partial charge in [-0.1, -0.05) is 29.8 Å². The number of hydrogen-bond acceptors (Lipinski definition) is 5. The predicted octanol–water partition coefficient (Wildman–Crippen LogP) is 4.61. The minimum Gasteiger partial charge on any atom is -0.355 e. The van der Waals surface area contributed by atoms with Gasteiger partial charge in [-0.05, 0) is 30.3 Å². The number of benzene rings is 1. The molecule has 0 spiro atoms. The molecule has 0 aliphatic carbocycles. The molecule has 0 aliphatic heterocycles. The summed E-state index contributed by atoms with van der Waals surface area (Å²) >= 11 is 8.99. The fourth-order valence-electron chi connectivity index (χ4n) is 2.71. The van der Waals surface area contributed by atoms with E-state index < -0.39 is 0 Å². The van der Waals surface area contributed by atoms with E-state index in [1.54, 1.807) is 0 Å². The number of nitrogens with zero attached hydrogens (tertiary/aromatic N) is 3. The molecule has 0 bridgehead atoms. The quantitative estimate of drug-likeness (QED) is 0.467. The van der Waals surface area contributed by atoms with Crippen LogP contribution in [-0.2, 0) is 17.6 Å². The number of nitrogens with one attached hydrogen (secondary N) is 1. The topological polar surface area (TPSA) is 59.8 Å². The van der Waals surface area contributed by atoms with Crippen LogP contribution in [0.15, 0.2) is 60.1 Å². The van der Waals surface area contributed by atoms with Crippen molar-refractivity contribution >= 4 is 40.2 Å². The van der Waals surface area contributed by atoms with Crippen LogP contribution < -0.4 is 5.32 Å². The van der Waals surface area contributed by atoms with E-state index >= 15 is 0 Å². The van der Waals surface area contributed by atoms with Crippen molar-refractivity contribution in [1.82, 2.24) is 20.1 Å². The van der Waals surface area contributed by atoms with Crippen LogP contribution in [0.3, 0.4) is 0 Å². The van der Waals surface area contributed by atoms with Crippen LogP contribution in [0.2, 0.25) is 4.34 Å². The van der Waals surface area contributed by atoms with E-state index in [-0.39, 0.29) is 12.3 Å². The molecule has 1 amide bonds. The third kappa shape index (κ3) is 4.67. The molecule has 0 aliphatic rings. The first kappa shape index (κ1) is 18.9. The summed E-state index contributed by atoms with van der Waals surface area (Å²) in [5.74, 6) is -0.0384. The molecule has 0 saturated heterocycles. The lowest BCUT2D eigenvalue weighted by Crippen LogP contribution is -2.27. The molecule has 0 atom stereocenters. The molecule has 0 saturated carbocycles. The maximum atomic E-state index is 12.2. The zero-order chi connectivity index (χ0) is 19.3. The number of halogens is 1. The summed E-state index contributed by atoms with van der Waals surface area (Å²) in [5, 5.41) is 10.3. The van der Waals surface area contributed by atoms with Crippen LogP contribution in [-0.4, -0.2) is 27.2 Å². The zero-order valence-corrected chi connectivity index (χ0v) is 17.2. The molecule has 4 rings (SSSR count). The predicted molar refractivity (Wildman–Crippen MR) is 114 cm³/mol. The summed E-state index contributed by atoms with van der Waals surface area (Å²) in [6, 6.07) is 15.7. The molecule has 3 aromatic heterocycles. The number of hydrogen-bond donors (Lipinski definition) is 1. The highest BCUT2D eigenvalue weighted by molar-refractivity contribution is 7.23. The number of thiazole rings is 1. The van der Waals surface area contributed by atoms with Crippen LogP contribution in [0.4, 0.5) is 0 Å². The van der Waals surface area contributed by atoms with Crippen molar-refractivity contribution in [3.05, 3.63) is 75.8 Å². The molecule has 1 N–H and O–H groups in total. The van der Waals surface area contributed by atoms with E-state index in [4.69, 9.17) is 11.6 Å².